The van der Waals surface area contributed by atoms with Crippen molar-refractivity contribution in [2.75, 3.05) is 0 Å². The van der Waals surface area contributed by atoms with Gasteiger partial charge in [-0.05, 0) is 34.4 Å². The van der Waals surface area contributed by atoms with Gasteiger partial charge in [-0.1, -0.05) is 67.4 Å². The number of hydrogen-bond donors (Lipinski definition) is 3. The largest absolute Gasteiger partial charge is 0.368 e. The molecule has 2 aromatic heterocycles. The maximum absolute atomic E-state index is 11.1. The van der Waals surface area contributed by atoms with Crippen molar-refractivity contribution in [3.63, 3.8) is 0 Å². The second-order valence-corrected chi connectivity index (χ2v) is 7.44. The molecule has 0 spiro atoms. The lowest BCUT2D eigenvalue weighted by atomic mass is 9.85. The molecule has 2 atom stereocenters. The predicted octanol–water partition coefficient (Wildman–Crippen LogP) is 4.22. The number of aromatic nitrogens is 6. The molecule has 0 radical (unpaired) electrons. The fourth-order valence-electron chi connectivity index (χ4n) is 3.60. The Bertz CT molecular complexity index is 1050. The Balaban J connectivity index is 1.84. The van der Waals surface area contributed by atoms with Crippen molar-refractivity contribution in [2.24, 2.45) is 0 Å². The number of aliphatic hydroxyl groups is 1. The van der Waals surface area contributed by atoms with Gasteiger partial charge < -0.3 is 10.1 Å². The van der Waals surface area contributed by atoms with Crippen LogP contribution in [0.3, 0.4) is 0 Å². The number of H-pyrrole nitrogens is 2. The fourth-order valence-corrected chi connectivity index (χ4v) is 3.94. The Labute approximate surface area is 173 Å². The summed E-state index contributed by atoms with van der Waals surface area (Å²) in [6, 6.07) is 16.0. The molecule has 0 saturated carbocycles. The molecule has 0 bridgehead atoms. The molecule has 3 N–H and O–H groups in total. The van der Waals surface area contributed by atoms with Crippen molar-refractivity contribution in [3.8, 4) is 22.5 Å². The molecule has 4 aromatic rings. The number of halogens is 1. The number of hydrogen-bond acceptors (Lipinski definition) is 5. The van der Waals surface area contributed by atoms with Crippen molar-refractivity contribution in [1.82, 2.24) is 30.6 Å². The van der Waals surface area contributed by atoms with Gasteiger partial charge in [-0.15, -0.1) is 10.2 Å². The number of nitrogens with one attached hydrogen (secondary N) is 2. The monoisotopic (exact) mass is 408 g/mol. The van der Waals surface area contributed by atoms with Crippen molar-refractivity contribution in [2.45, 2.75) is 30.7 Å². The summed E-state index contributed by atoms with van der Waals surface area (Å²) in [5.41, 5.74) is 3.70. The highest BCUT2D eigenvalue weighted by Gasteiger charge is 2.39. The van der Waals surface area contributed by atoms with E-state index in [1.165, 1.54) is 0 Å². The zero-order chi connectivity index (χ0) is 20.3. The lowest BCUT2D eigenvalue weighted by Gasteiger charge is -2.30. The maximum Gasteiger partial charge on any atom is 0.205 e. The van der Waals surface area contributed by atoms with E-state index in [0.29, 0.717) is 18.1 Å². The highest BCUT2D eigenvalue weighted by molar-refractivity contribution is 6.23. The van der Waals surface area contributed by atoms with Gasteiger partial charge in [-0.3, -0.25) is 0 Å². The summed E-state index contributed by atoms with van der Waals surface area (Å²) in [7, 11) is 0. The zero-order valence-electron chi connectivity index (χ0n) is 15.9. The number of tetrazole rings is 1. The van der Waals surface area contributed by atoms with Crippen LogP contribution in [0.1, 0.15) is 37.1 Å². The van der Waals surface area contributed by atoms with Crippen LogP contribution in [0, 0.1) is 0 Å². The number of imidazole rings is 1. The Morgan fingerprint density at radius 3 is 2.62 bits per heavy atom. The SMILES string of the molecule is CCCC(c1ccc(-c2ccccc2)c(-c2nn[nH]n2)c1)C(O)(Cl)c1ncc[nH]1. The Hall–Kier alpha value is -3.03. The molecule has 0 aliphatic heterocycles. The van der Waals surface area contributed by atoms with Crippen molar-refractivity contribution < 1.29 is 5.11 Å². The molecule has 148 valence electrons. The van der Waals surface area contributed by atoms with Crippen LogP contribution in [-0.4, -0.2) is 35.7 Å². The summed E-state index contributed by atoms with van der Waals surface area (Å²) in [5.74, 6) is 0.429. The van der Waals surface area contributed by atoms with Crippen LogP contribution in [0.5, 0.6) is 0 Å². The van der Waals surface area contributed by atoms with Gasteiger partial charge in [0, 0.05) is 23.9 Å². The normalized spacial score (nSPS) is 14.4. The Morgan fingerprint density at radius 1 is 1.14 bits per heavy atom. The molecule has 0 amide bonds. The molecular weight excluding hydrogens is 388 g/mol. The van der Waals surface area contributed by atoms with E-state index in [0.717, 1.165) is 28.7 Å². The average molecular weight is 409 g/mol. The molecule has 0 aliphatic rings. The topological polar surface area (TPSA) is 103 Å². The smallest absolute Gasteiger partial charge is 0.205 e. The van der Waals surface area contributed by atoms with Crippen molar-refractivity contribution >= 4 is 11.6 Å². The summed E-state index contributed by atoms with van der Waals surface area (Å²) in [6.45, 7) is 2.06. The molecule has 0 aliphatic carbocycles. The summed E-state index contributed by atoms with van der Waals surface area (Å²) >= 11 is 6.63. The van der Waals surface area contributed by atoms with Crippen LogP contribution >= 0.6 is 11.6 Å². The van der Waals surface area contributed by atoms with E-state index >= 15 is 0 Å². The minimum Gasteiger partial charge on any atom is -0.368 e. The second kappa shape index (κ2) is 8.14. The molecular formula is C21H21ClN6O. The first kappa shape index (κ1) is 19.3. The molecule has 2 unspecified atom stereocenters. The molecule has 29 heavy (non-hydrogen) atoms. The number of aromatic amines is 2. The first-order chi connectivity index (χ1) is 14.1. The lowest BCUT2D eigenvalue weighted by molar-refractivity contribution is 0.0831. The van der Waals surface area contributed by atoms with E-state index in [1.54, 1.807) is 12.4 Å². The lowest BCUT2D eigenvalue weighted by Crippen LogP contribution is -2.29. The predicted molar refractivity (Wildman–Crippen MR) is 111 cm³/mol. The van der Waals surface area contributed by atoms with Crippen molar-refractivity contribution in [1.29, 1.82) is 0 Å². The molecule has 7 nitrogen and oxygen atoms in total. The first-order valence-corrected chi connectivity index (χ1v) is 9.83. The zero-order valence-corrected chi connectivity index (χ0v) is 16.6. The van der Waals surface area contributed by atoms with E-state index in [-0.39, 0.29) is 5.92 Å². The van der Waals surface area contributed by atoms with Crippen LogP contribution in [-0.2, 0) is 5.06 Å². The molecule has 2 aromatic carbocycles. The average Bonchev–Trinajstić information content (AvgIpc) is 3.47. The van der Waals surface area contributed by atoms with Crippen LogP contribution in [0.4, 0.5) is 0 Å². The first-order valence-electron chi connectivity index (χ1n) is 9.45. The Morgan fingerprint density at radius 2 is 1.97 bits per heavy atom. The number of benzene rings is 2. The Kier molecular flexibility index (Phi) is 5.42. The van der Waals surface area contributed by atoms with Crippen LogP contribution in [0.2, 0.25) is 0 Å². The third-order valence-electron chi connectivity index (χ3n) is 4.99. The van der Waals surface area contributed by atoms with Crippen LogP contribution < -0.4 is 0 Å². The third kappa shape index (κ3) is 3.79. The molecule has 8 heteroatoms. The van der Waals surface area contributed by atoms with E-state index < -0.39 is 5.06 Å². The highest BCUT2D eigenvalue weighted by atomic mass is 35.5. The molecule has 2 heterocycles. The quantitative estimate of drug-likeness (QED) is 0.397. The van der Waals surface area contributed by atoms with Gasteiger partial charge >= 0.3 is 0 Å². The van der Waals surface area contributed by atoms with Crippen LogP contribution in [0.25, 0.3) is 22.5 Å². The van der Waals surface area contributed by atoms with Gasteiger partial charge in [0.15, 0.2) is 5.82 Å². The van der Waals surface area contributed by atoms with E-state index in [2.05, 4.69) is 37.5 Å². The number of nitrogens with zero attached hydrogens (tertiary/aromatic N) is 4. The number of alkyl halides is 1. The van der Waals surface area contributed by atoms with E-state index in [4.69, 9.17) is 11.6 Å². The third-order valence-corrected chi connectivity index (χ3v) is 5.43. The number of rotatable bonds is 7. The van der Waals surface area contributed by atoms with E-state index in [9.17, 15) is 5.11 Å². The fraction of sp³-hybridized carbons (Fsp3) is 0.238. The van der Waals surface area contributed by atoms with Gasteiger partial charge in [0.1, 0.15) is 0 Å². The standard InChI is InChI=1S/C21H21ClN6O/c1-2-6-18(21(22,29)20-23-11-12-24-20)15-9-10-16(14-7-4-3-5-8-14)17(13-15)19-25-27-28-26-19/h3-5,7-13,18,29H,2,6H2,1H3,(H,23,24)(H,25,26,27,28). The van der Waals surface area contributed by atoms with Gasteiger partial charge in [0.05, 0.1) is 0 Å². The molecule has 0 fully saturated rings. The molecule has 0 saturated heterocycles. The van der Waals surface area contributed by atoms with Gasteiger partial charge in [-0.2, -0.15) is 5.21 Å². The minimum absolute atomic E-state index is 0.325. The maximum atomic E-state index is 11.1. The van der Waals surface area contributed by atoms with Crippen LogP contribution in [0.15, 0.2) is 60.9 Å². The van der Waals surface area contributed by atoms with Crippen molar-refractivity contribution in [3.05, 3.63) is 72.3 Å². The van der Waals surface area contributed by atoms with Gasteiger partial charge in [-0.25, -0.2) is 4.98 Å². The summed E-state index contributed by atoms with van der Waals surface area (Å²) < 4.78 is 0. The summed E-state index contributed by atoms with van der Waals surface area (Å²) in [4.78, 5) is 7.11. The highest BCUT2D eigenvalue weighted by Crippen LogP contribution is 2.44. The minimum atomic E-state index is -1.66. The molecule has 4 rings (SSSR count). The second-order valence-electron chi connectivity index (χ2n) is 6.86. The van der Waals surface area contributed by atoms with Gasteiger partial charge in [0.25, 0.3) is 0 Å². The van der Waals surface area contributed by atoms with E-state index in [1.807, 2.05) is 48.5 Å². The summed E-state index contributed by atoms with van der Waals surface area (Å²) in [6.07, 6.45) is 4.75. The summed E-state index contributed by atoms with van der Waals surface area (Å²) in [5, 5.41) is 24.0. The van der Waals surface area contributed by atoms with Gasteiger partial charge in [0.2, 0.25) is 10.9 Å².